The summed E-state index contributed by atoms with van der Waals surface area (Å²) < 4.78 is 5.22. The average Bonchev–Trinajstić information content (AvgIpc) is 3.02. The van der Waals surface area contributed by atoms with E-state index in [0.29, 0.717) is 28.3 Å². The number of nitrogens with one attached hydrogen (secondary N) is 1. The predicted molar refractivity (Wildman–Crippen MR) is 128 cm³/mol. The number of anilines is 2. The number of nitrogens with zero attached hydrogens (tertiary/aromatic N) is 1. The number of amides is 2. The lowest BCUT2D eigenvalue weighted by Crippen LogP contribution is -2.32. The van der Waals surface area contributed by atoms with Crippen LogP contribution >= 0.6 is 0 Å². The topological polar surface area (TPSA) is 58.6 Å². The minimum absolute atomic E-state index is 0.265. The molecule has 1 N–H and O–H groups in total. The standard InChI is InChI=1S/C27H26N2O3/c1-16-6-8-20(14-18(16)3)24-25(28-21-9-12-23(32-5)13-10-21)27(31)29(26(24)30)22-11-7-17(2)19(4)15-22/h6-15,28H,1-5H3. The van der Waals surface area contributed by atoms with Crippen molar-refractivity contribution in [2.75, 3.05) is 17.3 Å². The minimum Gasteiger partial charge on any atom is -0.497 e. The van der Waals surface area contributed by atoms with Crippen molar-refractivity contribution in [3.05, 3.63) is 94.2 Å². The molecule has 1 aliphatic heterocycles. The Labute approximate surface area is 188 Å². The number of hydrogen-bond donors (Lipinski definition) is 1. The molecule has 0 unspecified atom stereocenters. The van der Waals surface area contributed by atoms with Gasteiger partial charge < -0.3 is 10.1 Å². The number of carbonyl (C=O) groups is 2. The van der Waals surface area contributed by atoms with Gasteiger partial charge in [0, 0.05) is 5.69 Å². The van der Waals surface area contributed by atoms with E-state index in [4.69, 9.17) is 4.74 Å². The number of benzene rings is 3. The molecule has 3 aromatic carbocycles. The van der Waals surface area contributed by atoms with Crippen molar-refractivity contribution < 1.29 is 14.3 Å². The SMILES string of the molecule is COc1ccc(NC2=C(c3ccc(C)c(C)c3)C(=O)N(c3ccc(C)c(C)c3)C2=O)cc1. The third kappa shape index (κ3) is 3.78. The number of rotatable bonds is 5. The summed E-state index contributed by atoms with van der Waals surface area (Å²) in [4.78, 5) is 28.4. The van der Waals surface area contributed by atoms with Crippen LogP contribution in [-0.2, 0) is 9.59 Å². The Morgan fingerprint density at radius 3 is 1.94 bits per heavy atom. The first-order chi connectivity index (χ1) is 15.3. The Hall–Kier alpha value is -3.86. The van der Waals surface area contributed by atoms with Gasteiger partial charge in [-0.25, -0.2) is 4.90 Å². The fourth-order valence-corrected chi connectivity index (χ4v) is 3.73. The molecule has 162 valence electrons. The molecule has 3 aromatic rings. The van der Waals surface area contributed by atoms with Crippen LogP contribution in [-0.4, -0.2) is 18.9 Å². The summed E-state index contributed by atoms with van der Waals surface area (Å²) in [7, 11) is 1.60. The van der Waals surface area contributed by atoms with Crippen LogP contribution < -0.4 is 15.0 Å². The molecule has 0 fully saturated rings. The van der Waals surface area contributed by atoms with Crippen molar-refractivity contribution in [2.45, 2.75) is 27.7 Å². The fourth-order valence-electron chi connectivity index (χ4n) is 3.73. The Morgan fingerprint density at radius 2 is 1.34 bits per heavy atom. The summed E-state index contributed by atoms with van der Waals surface area (Å²) in [5.74, 6) is 0.00399. The zero-order chi connectivity index (χ0) is 23.0. The van der Waals surface area contributed by atoms with Gasteiger partial charge in [-0.1, -0.05) is 24.3 Å². The van der Waals surface area contributed by atoms with Gasteiger partial charge >= 0.3 is 0 Å². The molecule has 2 amide bonds. The van der Waals surface area contributed by atoms with Gasteiger partial charge in [0.1, 0.15) is 11.4 Å². The number of hydrogen-bond acceptors (Lipinski definition) is 4. The largest absolute Gasteiger partial charge is 0.497 e. The molecule has 1 aliphatic rings. The smallest absolute Gasteiger partial charge is 0.282 e. The molecule has 32 heavy (non-hydrogen) atoms. The van der Waals surface area contributed by atoms with Gasteiger partial charge in [-0.3, -0.25) is 9.59 Å². The van der Waals surface area contributed by atoms with Crippen LogP contribution in [0.25, 0.3) is 5.57 Å². The first-order valence-corrected chi connectivity index (χ1v) is 10.5. The lowest BCUT2D eigenvalue weighted by molar-refractivity contribution is -0.120. The number of methoxy groups -OCH3 is 1. The molecule has 0 atom stereocenters. The molecule has 1 heterocycles. The van der Waals surface area contributed by atoms with E-state index in [1.807, 2.05) is 76.2 Å². The third-order valence-corrected chi connectivity index (χ3v) is 5.99. The molecule has 0 bridgehead atoms. The van der Waals surface area contributed by atoms with Crippen molar-refractivity contribution >= 4 is 28.8 Å². The van der Waals surface area contributed by atoms with Crippen molar-refractivity contribution in [3.63, 3.8) is 0 Å². The van der Waals surface area contributed by atoms with E-state index < -0.39 is 0 Å². The van der Waals surface area contributed by atoms with Crippen molar-refractivity contribution in [1.29, 1.82) is 0 Å². The van der Waals surface area contributed by atoms with Gasteiger partial charge in [0.05, 0.1) is 18.4 Å². The number of ether oxygens (including phenoxy) is 1. The summed E-state index contributed by atoms with van der Waals surface area (Å²) >= 11 is 0. The lowest BCUT2D eigenvalue weighted by atomic mass is 9.99. The third-order valence-electron chi connectivity index (χ3n) is 5.99. The average molecular weight is 427 g/mol. The Kier molecular flexibility index (Phi) is 5.57. The molecule has 0 aliphatic carbocycles. The monoisotopic (exact) mass is 426 g/mol. The molecular formula is C27H26N2O3. The van der Waals surface area contributed by atoms with Gasteiger partial charge in [0.15, 0.2) is 0 Å². The second-order valence-electron chi connectivity index (χ2n) is 8.12. The summed E-state index contributed by atoms with van der Waals surface area (Å²) in [6.07, 6.45) is 0. The van der Waals surface area contributed by atoms with Crippen LogP contribution in [0.4, 0.5) is 11.4 Å². The number of imide groups is 1. The first kappa shape index (κ1) is 21.4. The molecule has 0 radical (unpaired) electrons. The highest BCUT2D eigenvalue weighted by Crippen LogP contribution is 2.35. The van der Waals surface area contributed by atoms with E-state index in [-0.39, 0.29) is 17.5 Å². The molecule has 0 saturated heterocycles. The quantitative estimate of drug-likeness (QED) is 0.561. The van der Waals surface area contributed by atoms with E-state index in [1.54, 1.807) is 19.2 Å². The van der Waals surface area contributed by atoms with E-state index in [1.165, 1.54) is 4.90 Å². The molecule has 0 spiro atoms. The maximum Gasteiger partial charge on any atom is 0.282 e. The van der Waals surface area contributed by atoms with E-state index in [2.05, 4.69) is 5.32 Å². The zero-order valence-corrected chi connectivity index (χ0v) is 18.9. The van der Waals surface area contributed by atoms with Crippen LogP contribution in [0, 0.1) is 27.7 Å². The van der Waals surface area contributed by atoms with Gasteiger partial charge in [0.2, 0.25) is 0 Å². The van der Waals surface area contributed by atoms with Crippen LogP contribution in [0.3, 0.4) is 0 Å². The molecule has 4 rings (SSSR count). The Bertz CT molecular complexity index is 1260. The first-order valence-electron chi connectivity index (χ1n) is 10.5. The summed E-state index contributed by atoms with van der Waals surface area (Å²) in [5.41, 5.74) is 6.92. The predicted octanol–water partition coefficient (Wildman–Crippen LogP) is 5.33. The van der Waals surface area contributed by atoms with Crippen LogP contribution in [0.1, 0.15) is 27.8 Å². The van der Waals surface area contributed by atoms with Gasteiger partial charge in [-0.15, -0.1) is 0 Å². The van der Waals surface area contributed by atoms with Crippen LogP contribution in [0.5, 0.6) is 5.75 Å². The normalized spacial score (nSPS) is 13.7. The summed E-state index contributed by atoms with van der Waals surface area (Å²) in [6.45, 7) is 7.99. The summed E-state index contributed by atoms with van der Waals surface area (Å²) in [6, 6.07) is 18.7. The summed E-state index contributed by atoms with van der Waals surface area (Å²) in [5, 5.41) is 3.19. The van der Waals surface area contributed by atoms with E-state index >= 15 is 0 Å². The van der Waals surface area contributed by atoms with Gasteiger partial charge in [-0.05, 0) is 91.9 Å². The highest BCUT2D eigenvalue weighted by molar-refractivity contribution is 6.46. The minimum atomic E-state index is -0.373. The van der Waals surface area contributed by atoms with Crippen LogP contribution in [0.2, 0.25) is 0 Å². The van der Waals surface area contributed by atoms with E-state index in [0.717, 1.165) is 22.3 Å². The number of aryl methyl sites for hydroxylation is 4. The molecule has 5 heteroatoms. The highest BCUT2D eigenvalue weighted by atomic mass is 16.5. The Morgan fingerprint density at radius 1 is 0.719 bits per heavy atom. The maximum absolute atomic E-state index is 13.6. The van der Waals surface area contributed by atoms with Crippen molar-refractivity contribution in [1.82, 2.24) is 0 Å². The molecule has 0 saturated carbocycles. The highest BCUT2D eigenvalue weighted by Gasteiger charge is 2.40. The van der Waals surface area contributed by atoms with Crippen molar-refractivity contribution in [2.24, 2.45) is 0 Å². The second kappa shape index (κ2) is 8.35. The Balaban J connectivity index is 1.82. The molecule has 5 nitrogen and oxygen atoms in total. The molecule has 0 aromatic heterocycles. The van der Waals surface area contributed by atoms with E-state index in [9.17, 15) is 9.59 Å². The maximum atomic E-state index is 13.6. The van der Waals surface area contributed by atoms with Crippen LogP contribution in [0.15, 0.2) is 66.4 Å². The van der Waals surface area contributed by atoms with Crippen molar-refractivity contribution in [3.8, 4) is 5.75 Å². The second-order valence-corrected chi connectivity index (χ2v) is 8.12. The fraction of sp³-hybridized carbons (Fsp3) is 0.185. The molecular weight excluding hydrogens is 400 g/mol. The number of carbonyl (C=O) groups excluding carboxylic acids is 2. The lowest BCUT2D eigenvalue weighted by Gasteiger charge is -2.17. The zero-order valence-electron chi connectivity index (χ0n) is 18.9. The van der Waals surface area contributed by atoms with Gasteiger partial charge in [-0.2, -0.15) is 0 Å². The van der Waals surface area contributed by atoms with Gasteiger partial charge in [0.25, 0.3) is 11.8 Å².